The minimum absolute atomic E-state index is 0.00565. The normalized spacial score (nSPS) is 10.5. The fourth-order valence-electron chi connectivity index (χ4n) is 1.45. The standard InChI is InChI=1S/C10H17N3O/c1-4-8-7(2)12-9(5-6-11-3)13-10(8)14/h11H,4-6H2,1-3H3,(H,12,13,14). The summed E-state index contributed by atoms with van der Waals surface area (Å²) in [7, 11) is 1.88. The van der Waals surface area contributed by atoms with E-state index in [1.54, 1.807) is 0 Å². The van der Waals surface area contributed by atoms with Crippen LogP contribution in [0, 0.1) is 6.92 Å². The number of aromatic amines is 1. The molecule has 2 N–H and O–H groups in total. The lowest BCUT2D eigenvalue weighted by Gasteiger charge is -2.04. The van der Waals surface area contributed by atoms with E-state index in [1.165, 1.54) is 0 Å². The fraction of sp³-hybridized carbons (Fsp3) is 0.600. The van der Waals surface area contributed by atoms with Crippen LogP contribution in [0.25, 0.3) is 0 Å². The summed E-state index contributed by atoms with van der Waals surface area (Å²) in [4.78, 5) is 18.7. The molecule has 0 aliphatic rings. The molecule has 4 nitrogen and oxygen atoms in total. The molecule has 0 fully saturated rings. The van der Waals surface area contributed by atoms with Crippen LogP contribution in [0.2, 0.25) is 0 Å². The SMILES string of the molecule is CCc1c(C)nc(CCNC)[nH]c1=O. The van der Waals surface area contributed by atoms with E-state index in [0.717, 1.165) is 36.5 Å². The first-order valence-corrected chi connectivity index (χ1v) is 4.92. The summed E-state index contributed by atoms with van der Waals surface area (Å²) in [6.07, 6.45) is 1.50. The summed E-state index contributed by atoms with van der Waals surface area (Å²) in [5.41, 5.74) is 1.65. The van der Waals surface area contributed by atoms with Crippen LogP contribution < -0.4 is 10.9 Å². The Morgan fingerprint density at radius 1 is 1.50 bits per heavy atom. The zero-order chi connectivity index (χ0) is 10.6. The average Bonchev–Trinajstić information content (AvgIpc) is 2.14. The second kappa shape index (κ2) is 4.91. The maximum absolute atomic E-state index is 11.5. The van der Waals surface area contributed by atoms with Crippen molar-refractivity contribution in [2.75, 3.05) is 13.6 Å². The Kier molecular flexibility index (Phi) is 3.83. The minimum Gasteiger partial charge on any atom is -0.319 e. The molecule has 4 heteroatoms. The van der Waals surface area contributed by atoms with Gasteiger partial charge in [0.05, 0.1) is 0 Å². The number of likely N-dealkylation sites (N-methyl/N-ethyl adjacent to an activating group) is 1. The predicted molar refractivity (Wildman–Crippen MR) is 56.6 cm³/mol. The highest BCUT2D eigenvalue weighted by molar-refractivity contribution is 5.16. The van der Waals surface area contributed by atoms with Crippen LogP contribution in [0.1, 0.15) is 24.0 Å². The average molecular weight is 195 g/mol. The van der Waals surface area contributed by atoms with Crippen molar-refractivity contribution < 1.29 is 0 Å². The summed E-state index contributed by atoms with van der Waals surface area (Å²) >= 11 is 0. The molecule has 0 amide bonds. The zero-order valence-electron chi connectivity index (χ0n) is 8.98. The van der Waals surface area contributed by atoms with Crippen LogP contribution in [-0.4, -0.2) is 23.6 Å². The van der Waals surface area contributed by atoms with Gasteiger partial charge in [-0.2, -0.15) is 0 Å². The zero-order valence-corrected chi connectivity index (χ0v) is 8.98. The first kappa shape index (κ1) is 10.9. The molecule has 1 aromatic heterocycles. The summed E-state index contributed by atoms with van der Waals surface area (Å²) in [6, 6.07) is 0. The van der Waals surface area contributed by atoms with E-state index in [2.05, 4.69) is 15.3 Å². The Morgan fingerprint density at radius 2 is 2.21 bits per heavy atom. The molecule has 1 heterocycles. The number of hydrogen-bond donors (Lipinski definition) is 2. The van der Waals surface area contributed by atoms with Crippen molar-refractivity contribution in [3.63, 3.8) is 0 Å². The molecule has 0 saturated carbocycles. The molecule has 0 unspecified atom stereocenters. The number of rotatable bonds is 4. The Hall–Kier alpha value is -1.16. The van der Waals surface area contributed by atoms with E-state index >= 15 is 0 Å². The molecule has 0 spiro atoms. The third-order valence-corrected chi connectivity index (χ3v) is 2.24. The van der Waals surface area contributed by atoms with Crippen molar-refractivity contribution in [1.29, 1.82) is 0 Å². The Balaban J connectivity index is 2.96. The number of nitrogens with zero attached hydrogens (tertiary/aromatic N) is 1. The van der Waals surface area contributed by atoms with Crippen molar-refractivity contribution in [2.45, 2.75) is 26.7 Å². The summed E-state index contributed by atoms with van der Waals surface area (Å²) in [6.45, 7) is 4.68. The molecular formula is C10H17N3O. The molecule has 1 aromatic rings. The van der Waals surface area contributed by atoms with Gasteiger partial charge in [0, 0.05) is 24.2 Å². The summed E-state index contributed by atoms with van der Waals surface area (Å²) in [5.74, 6) is 0.763. The van der Waals surface area contributed by atoms with Gasteiger partial charge in [-0.15, -0.1) is 0 Å². The van der Waals surface area contributed by atoms with Gasteiger partial charge in [-0.3, -0.25) is 4.79 Å². The van der Waals surface area contributed by atoms with Crippen molar-refractivity contribution in [3.8, 4) is 0 Å². The van der Waals surface area contributed by atoms with Crippen molar-refractivity contribution in [1.82, 2.24) is 15.3 Å². The van der Waals surface area contributed by atoms with E-state index in [9.17, 15) is 4.79 Å². The van der Waals surface area contributed by atoms with Gasteiger partial charge < -0.3 is 10.3 Å². The third kappa shape index (κ3) is 2.42. The molecule has 1 rings (SSSR count). The summed E-state index contributed by atoms with van der Waals surface area (Å²) in [5, 5.41) is 3.02. The largest absolute Gasteiger partial charge is 0.319 e. The van der Waals surface area contributed by atoms with Gasteiger partial charge in [0.2, 0.25) is 0 Å². The van der Waals surface area contributed by atoms with Gasteiger partial charge in [-0.25, -0.2) is 4.98 Å². The topological polar surface area (TPSA) is 57.8 Å². The fourth-order valence-corrected chi connectivity index (χ4v) is 1.45. The molecule has 0 atom stereocenters. The van der Waals surface area contributed by atoms with E-state index in [-0.39, 0.29) is 5.56 Å². The quantitative estimate of drug-likeness (QED) is 0.731. The van der Waals surface area contributed by atoms with Crippen molar-refractivity contribution in [3.05, 3.63) is 27.4 Å². The highest BCUT2D eigenvalue weighted by atomic mass is 16.1. The van der Waals surface area contributed by atoms with Gasteiger partial charge >= 0.3 is 0 Å². The number of nitrogens with one attached hydrogen (secondary N) is 2. The van der Waals surface area contributed by atoms with Crippen molar-refractivity contribution >= 4 is 0 Å². The monoisotopic (exact) mass is 195 g/mol. The highest BCUT2D eigenvalue weighted by Crippen LogP contribution is 1.99. The molecular weight excluding hydrogens is 178 g/mol. The molecule has 78 valence electrons. The van der Waals surface area contributed by atoms with E-state index < -0.39 is 0 Å². The maximum atomic E-state index is 11.5. The predicted octanol–water partition coefficient (Wildman–Crippen LogP) is 0.403. The molecule has 0 aromatic carbocycles. The highest BCUT2D eigenvalue weighted by Gasteiger charge is 2.05. The molecule has 0 aliphatic heterocycles. The van der Waals surface area contributed by atoms with E-state index in [1.807, 2.05) is 20.9 Å². The Labute approximate surface area is 83.8 Å². The van der Waals surface area contributed by atoms with Gasteiger partial charge in [-0.05, 0) is 20.4 Å². The second-order valence-corrected chi connectivity index (χ2v) is 3.28. The van der Waals surface area contributed by atoms with Crippen molar-refractivity contribution in [2.24, 2.45) is 0 Å². The van der Waals surface area contributed by atoms with Crippen LogP contribution in [0.15, 0.2) is 4.79 Å². The first-order chi connectivity index (χ1) is 6.69. The number of hydrogen-bond acceptors (Lipinski definition) is 3. The molecule has 0 bridgehead atoms. The van der Waals surface area contributed by atoms with Crippen LogP contribution in [0.4, 0.5) is 0 Å². The lowest BCUT2D eigenvalue weighted by Crippen LogP contribution is -2.21. The number of aryl methyl sites for hydroxylation is 1. The minimum atomic E-state index is 0.00565. The van der Waals surface area contributed by atoms with Gasteiger partial charge in [0.15, 0.2) is 0 Å². The van der Waals surface area contributed by atoms with Gasteiger partial charge in [0.1, 0.15) is 5.82 Å². The molecule has 14 heavy (non-hydrogen) atoms. The molecule has 0 aliphatic carbocycles. The van der Waals surface area contributed by atoms with E-state index in [0.29, 0.717) is 0 Å². The Bertz CT molecular complexity index is 357. The lowest BCUT2D eigenvalue weighted by molar-refractivity contribution is 0.742. The third-order valence-electron chi connectivity index (χ3n) is 2.24. The van der Waals surface area contributed by atoms with Crippen LogP contribution in [0.3, 0.4) is 0 Å². The van der Waals surface area contributed by atoms with Gasteiger partial charge in [-0.1, -0.05) is 6.92 Å². The van der Waals surface area contributed by atoms with Crippen LogP contribution in [-0.2, 0) is 12.8 Å². The van der Waals surface area contributed by atoms with Crippen LogP contribution >= 0.6 is 0 Å². The number of H-pyrrole nitrogens is 1. The van der Waals surface area contributed by atoms with Crippen LogP contribution in [0.5, 0.6) is 0 Å². The maximum Gasteiger partial charge on any atom is 0.254 e. The lowest BCUT2D eigenvalue weighted by atomic mass is 10.2. The Morgan fingerprint density at radius 3 is 2.71 bits per heavy atom. The smallest absolute Gasteiger partial charge is 0.254 e. The summed E-state index contributed by atoms with van der Waals surface area (Å²) < 4.78 is 0. The second-order valence-electron chi connectivity index (χ2n) is 3.28. The van der Waals surface area contributed by atoms with E-state index in [4.69, 9.17) is 0 Å². The first-order valence-electron chi connectivity index (χ1n) is 4.92. The molecule has 0 radical (unpaired) electrons. The molecule has 0 saturated heterocycles. The number of aromatic nitrogens is 2. The van der Waals surface area contributed by atoms with Gasteiger partial charge in [0.25, 0.3) is 5.56 Å².